The number of carbonyl (C=O) groups excluding carboxylic acids is 1. The highest BCUT2D eigenvalue weighted by atomic mass is 32.1. The van der Waals surface area contributed by atoms with Crippen LogP contribution in [0, 0.1) is 0 Å². The summed E-state index contributed by atoms with van der Waals surface area (Å²) in [4.78, 5) is 15.3. The molecule has 2 rings (SSSR count). The normalized spacial score (nSPS) is 10.0. The van der Waals surface area contributed by atoms with Crippen molar-refractivity contribution in [1.82, 2.24) is 4.98 Å². The highest BCUT2D eigenvalue weighted by Crippen LogP contribution is 2.22. The van der Waals surface area contributed by atoms with Gasteiger partial charge >= 0.3 is 0 Å². The maximum atomic E-state index is 10.5. The van der Waals surface area contributed by atoms with Crippen molar-refractivity contribution < 1.29 is 9.53 Å². The van der Waals surface area contributed by atoms with E-state index in [2.05, 4.69) is 4.98 Å². The first-order valence-corrected chi connectivity index (χ1v) is 5.78. The van der Waals surface area contributed by atoms with Crippen LogP contribution in [0.5, 0.6) is 5.06 Å². The van der Waals surface area contributed by atoms with Crippen molar-refractivity contribution in [3.8, 4) is 5.06 Å². The minimum Gasteiger partial charge on any atom is -0.484 e. The average Bonchev–Trinajstić information content (AvgIpc) is 2.78. The van der Waals surface area contributed by atoms with E-state index < -0.39 is 0 Å². The maximum Gasteiger partial charge on any atom is 0.174 e. The fourth-order valence-corrected chi connectivity index (χ4v) is 1.97. The second-order valence-corrected chi connectivity index (χ2v) is 4.27. The van der Waals surface area contributed by atoms with Crippen molar-refractivity contribution >= 4 is 17.6 Å². The number of rotatable bonds is 5. The number of thiophene rings is 1. The van der Waals surface area contributed by atoms with E-state index in [1.807, 2.05) is 24.3 Å². The topological polar surface area (TPSA) is 39.2 Å². The zero-order chi connectivity index (χ0) is 11.2. The smallest absolute Gasteiger partial charge is 0.174 e. The molecule has 0 fully saturated rings. The third-order valence-corrected chi connectivity index (χ3v) is 2.97. The first-order chi connectivity index (χ1) is 7.88. The first-order valence-electron chi connectivity index (χ1n) is 4.96. The number of aldehydes is 1. The van der Waals surface area contributed by atoms with Gasteiger partial charge in [0.2, 0.25) is 0 Å². The molecule has 0 aliphatic carbocycles. The lowest BCUT2D eigenvalue weighted by Gasteiger charge is -2.02. The third-order valence-electron chi connectivity index (χ3n) is 2.05. The fraction of sp³-hybridized carbons (Fsp3) is 0.167. The van der Waals surface area contributed by atoms with Gasteiger partial charge in [-0.2, -0.15) is 0 Å². The molecule has 0 atom stereocenters. The largest absolute Gasteiger partial charge is 0.484 e. The molecule has 0 aromatic carbocycles. The van der Waals surface area contributed by atoms with Gasteiger partial charge in [0, 0.05) is 18.3 Å². The average molecular weight is 233 g/mol. The Kier molecular flexibility index (Phi) is 3.66. The lowest BCUT2D eigenvalue weighted by molar-refractivity contribution is 0.112. The Hall–Kier alpha value is -1.68. The Morgan fingerprint density at radius 2 is 2.25 bits per heavy atom. The molecular weight excluding hydrogens is 222 g/mol. The van der Waals surface area contributed by atoms with E-state index in [9.17, 15) is 4.79 Å². The van der Waals surface area contributed by atoms with E-state index in [4.69, 9.17) is 4.74 Å². The zero-order valence-corrected chi connectivity index (χ0v) is 9.44. The molecule has 0 bridgehead atoms. The van der Waals surface area contributed by atoms with E-state index in [-0.39, 0.29) is 0 Å². The lowest BCUT2D eigenvalue weighted by Crippen LogP contribution is -2.01. The van der Waals surface area contributed by atoms with Crippen molar-refractivity contribution in [1.29, 1.82) is 0 Å². The summed E-state index contributed by atoms with van der Waals surface area (Å²) in [6.07, 6.45) is 3.37. The van der Waals surface area contributed by atoms with Gasteiger partial charge < -0.3 is 4.74 Å². The van der Waals surface area contributed by atoms with E-state index >= 15 is 0 Å². The fourth-order valence-electron chi connectivity index (χ4n) is 1.28. The van der Waals surface area contributed by atoms with E-state index in [1.54, 1.807) is 12.3 Å². The molecule has 0 amide bonds. The molecule has 0 aliphatic rings. The van der Waals surface area contributed by atoms with Crippen LogP contribution in [0.1, 0.15) is 15.4 Å². The van der Waals surface area contributed by atoms with Gasteiger partial charge in [-0.05, 0) is 24.3 Å². The molecule has 3 nitrogen and oxygen atoms in total. The number of hydrogen-bond acceptors (Lipinski definition) is 4. The summed E-state index contributed by atoms with van der Waals surface area (Å²) in [5.74, 6) is 0. The second kappa shape index (κ2) is 5.42. The van der Waals surface area contributed by atoms with Crippen molar-refractivity contribution in [2.45, 2.75) is 6.42 Å². The predicted molar refractivity (Wildman–Crippen MR) is 63.1 cm³/mol. The van der Waals surface area contributed by atoms with Gasteiger partial charge in [0.25, 0.3) is 0 Å². The first kappa shape index (κ1) is 10.8. The van der Waals surface area contributed by atoms with Gasteiger partial charge in [-0.15, -0.1) is 0 Å². The maximum absolute atomic E-state index is 10.5. The molecule has 0 aliphatic heterocycles. The van der Waals surface area contributed by atoms with E-state index in [0.717, 1.165) is 23.5 Å². The highest BCUT2D eigenvalue weighted by Gasteiger charge is 2.00. The Labute approximate surface area is 97.7 Å². The van der Waals surface area contributed by atoms with Crippen LogP contribution in [-0.2, 0) is 6.42 Å². The number of nitrogens with zero attached hydrogens (tertiary/aromatic N) is 1. The van der Waals surface area contributed by atoms with Crippen LogP contribution in [0.2, 0.25) is 0 Å². The molecule has 0 spiro atoms. The van der Waals surface area contributed by atoms with Gasteiger partial charge in [0.1, 0.15) is 0 Å². The monoisotopic (exact) mass is 233 g/mol. The quantitative estimate of drug-likeness (QED) is 0.745. The van der Waals surface area contributed by atoms with Crippen LogP contribution in [0.15, 0.2) is 36.5 Å². The van der Waals surface area contributed by atoms with Crippen LogP contribution in [-0.4, -0.2) is 17.9 Å². The van der Waals surface area contributed by atoms with Crippen LogP contribution in [0.4, 0.5) is 0 Å². The molecule has 0 N–H and O–H groups in total. The molecule has 0 radical (unpaired) electrons. The molecule has 0 unspecified atom stereocenters. The number of ether oxygens (including phenoxy) is 1. The number of carbonyl (C=O) groups is 1. The standard InChI is InChI=1S/C12H11NO2S/c14-9-11-4-5-12(16-11)15-8-6-10-3-1-2-7-13-10/h1-5,7,9H,6,8H2. The van der Waals surface area contributed by atoms with Crippen molar-refractivity contribution in [3.63, 3.8) is 0 Å². The highest BCUT2D eigenvalue weighted by molar-refractivity contribution is 7.15. The summed E-state index contributed by atoms with van der Waals surface area (Å²) in [7, 11) is 0. The van der Waals surface area contributed by atoms with Gasteiger partial charge in [0.05, 0.1) is 11.5 Å². The van der Waals surface area contributed by atoms with Crippen LogP contribution in [0.3, 0.4) is 0 Å². The number of pyridine rings is 1. The summed E-state index contributed by atoms with van der Waals surface area (Å²) >= 11 is 1.36. The predicted octanol–water partition coefficient (Wildman–Crippen LogP) is 2.58. The summed E-state index contributed by atoms with van der Waals surface area (Å²) in [6.45, 7) is 0.579. The van der Waals surface area contributed by atoms with Crippen LogP contribution >= 0.6 is 11.3 Å². The lowest BCUT2D eigenvalue weighted by atomic mass is 10.3. The minimum absolute atomic E-state index is 0.579. The molecule has 16 heavy (non-hydrogen) atoms. The van der Waals surface area contributed by atoms with E-state index in [0.29, 0.717) is 11.5 Å². The third kappa shape index (κ3) is 2.90. The van der Waals surface area contributed by atoms with Gasteiger partial charge in [0.15, 0.2) is 11.3 Å². The van der Waals surface area contributed by atoms with Gasteiger partial charge in [-0.3, -0.25) is 9.78 Å². The van der Waals surface area contributed by atoms with Crippen molar-refractivity contribution in [3.05, 3.63) is 47.1 Å². The zero-order valence-electron chi connectivity index (χ0n) is 8.63. The SMILES string of the molecule is O=Cc1ccc(OCCc2ccccn2)s1. The van der Waals surface area contributed by atoms with Crippen molar-refractivity contribution in [2.24, 2.45) is 0 Å². The molecule has 2 aromatic heterocycles. The van der Waals surface area contributed by atoms with Crippen LogP contribution < -0.4 is 4.74 Å². The summed E-state index contributed by atoms with van der Waals surface area (Å²) < 4.78 is 5.51. The molecule has 82 valence electrons. The second-order valence-electron chi connectivity index (χ2n) is 3.19. The Morgan fingerprint density at radius 3 is 2.94 bits per heavy atom. The van der Waals surface area contributed by atoms with Gasteiger partial charge in [-0.25, -0.2) is 0 Å². The molecule has 2 aromatic rings. The minimum atomic E-state index is 0.579. The molecule has 0 saturated heterocycles. The summed E-state index contributed by atoms with van der Waals surface area (Å²) in [6, 6.07) is 9.38. The summed E-state index contributed by atoms with van der Waals surface area (Å²) in [5.41, 5.74) is 1.01. The Morgan fingerprint density at radius 1 is 1.31 bits per heavy atom. The van der Waals surface area contributed by atoms with Crippen molar-refractivity contribution in [2.75, 3.05) is 6.61 Å². The molecular formula is C12H11NO2S. The Balaban J connectivity index is 1.82. The molecule has 0 saturated carbocycles. The summed E-state index contributed by atoms with van der Waals surface area (Å²) in [5, 5.41) is 0.776. The number of hydrogen-bond donors (Lipinski definition) is 0. The Bertz CT molecular complexity index is 453. The molecule has 2 heterocycles. The number of aromatic nitrogens is 1. The van der Waals surface area contributed by atoms with Gasteiger partial charge in [-0.1, -0.05) is 17.4 Å². The van der Waals surface area contributed by atoms with E-state index in [1.165, 1.54) is 11.3 Å². The molecule has 4 heteroatoms. The van der Waals surface area contributed by atoms with Crippen LogP contribution in [0.25, 0.3) is 0 Å².